The summed E-state index contributed by atoms with van der Waals surface area (Å²) in [7, 11) is 1.43. The third kappa shape index (κ3) is 2.04. The Morgan fingerprint density at radius 1 is 1.27 bits per heavy atom. The highest BCUT2D eigenvalue weighted by Crippen LogP contribution is 2.50. The second-order valence-electron chi connectivity index (χ2n) is 6.61. The van der Waals surface area contributed by atoms with Crippen molar-refractivity contribution in [2.75, 3.05) is 18.6 Å². The average Bonchev–Trinajstić information content (AvgIpc) is 2.81. The minimum atomic E-state index is -0.654. The van der Waals surface area contributed by atoms with Crippen LogP contribution in [0.5, 0.6) is 0 Å². The maximum absolute atomic E-state index is 13.0. The van der Waals surface area contributed by atoms with Crippen molar-refractivity contribution in [2.45, 2.75) is 39.5 Å². The summed E-state index contributed by atoms with van der Waals surface area (Å²) in [5, 5.41) is 0. The van der Waals surface area contributed by atoms with Crippen LogP contribution < -0.4 is 4.90 Å². The van der Waals surface area contributed by atoms with Crippen molar-refractivity contribution in [2.24, 2.45) is 11.3 Å². The van der Waals surface area contributed by atoms with Crippen LogP contribution in [0.3, 0.4) is 0 Å². The number of methoxy groups -OCH3 is 1. The van der Waals surface area contributed by atoms with E-state index in [2.05, 4.69) is 0 Å². The number of carbonyl (C=O) groups excluding carboxylic acids is 2. The second-order valence-corrected chi connectivity index (χ2v) is 6.61. The normalized spacial score (nSPS) is 27.7. The first kappa shape index (κ1) is 15.1. The van der Waals surface area contributed by atoms with Gasteiger partial charge in [-0.2, -0.15) is 0 Å². The lowest BCUT2D eigenvalue weighted by molar-refractivity contribution is -0.157. The Labute approximate surface area is 131 Å². The number of para-hydroxylation sites is 1. The highest BCUT2D eigenvalue weighted by Gasteiger charge is 2.58. The quantitative estimate of drug-likeness (QED) is 0.789. The zero-order chi connectivity index (χ0) is 15.9. The number of esters is 1. The summed E-state index contributed by atoms with van der Waals surface area (Å²) in [5.74, 6) is -0.366. The van der Waals surface area contributed by atoms with Crippen LogP contribution in [0.1, 0.15) is 36.8 Å². The number of amides is 1. The van der Waals surface area contributed by atoms with Crippen molar-refractivity contribution in [1.29, 1.82) is 0 Å². The van der Waals surface area contributed by atoms with Crippen molar-refractivity contribution in [3.63, 3.8) is 0 Å². The van der Waals surface area contributed by atoms with Crippen LogP contribution in [0.2, 0.25) is 0 Å². The molecule has 0 bridgehead atoms. The summed E-state index contributed by atoms with van der Waals surface area (Å²) in [6.45, 7) is 4.49. The first-order chi connectivity index (χ1) is 10.5. The summed E-state index contributed by atoms with van der Waals surface area (Å²) >= 11 is 0. The van der Waals surface area contributed by atoms with Crippen LogP contribution in [0, 0.1) is 25.2 Å². The predicted molar refractivity (Wildman–Crippen MR) is 84.7 cm³/mol. The van der Waals surface area contributed by atoms with Crippen LogP contribution in [0.15, 0.2) is 18.2 Å². The van der Waals surface area contributed by atoms with Gasteiger partial charge in [0.25, 0.3) is 0 Å². The van der Waals surface area contributed by atoms with Crippen molar-refractivity contribution < 1.29 is 14.3 Å². The molecule has 1 aliphatic carbocycles. The topological polar surface area (TPSA) is 46.6 Å². The molecular formula is C18H23NO3. The first-order valence-corrected chi connectivity index (χ1v) is 7.97. The third-order valence-corrected chi connectivity index (χ3v) is 5.34. The molecule has 118 valence electrons. The second kappa shape index (κ2) is 5.41. The van der Waals surface area contributed by atoms with Crippen molar-refractivity contribution in [3.05, 3.63) is 29.3 Å². The first-order valence-electron chi connectivity index (χ1n) is 7.97. The molecule has 0 radical (unpaired) electrons. The number of fused-ring (bicyclic) bond motifs is 1. The minimum Gasteiger partial charge on any atom is -0.469 e. The molecule has 4 heteroatoms. The van der Waals surface area contributed by atoms with Crippen molar-refractivity contribution in [1.82, 2.24) is 0 Å². The van der Waals surface area contributed by atoms with Crippen molar-refractivity contribution >= 4 is 17.6 Å². The van der Waals surface area contributed by atoms with Gasteiger partial charge in [0.1, 0.15) is 0 Å². The molecule has 22 heavy (non-hydrogen) atoms. The standard InChI is InChI=1S/C18H23NO3/c1-12-7-6-8-13(2)15(12)19-11-18(17(21)22-3)10-5-4-9-14(18)16(19)20/h6-8,14H,4-5,9-11H2,1-3H3. The summed E-state index contributed by atoms with van der Waals surface area (Å²) < 4.78 is 5.07. The van der Waals surface area contributed by atoms with Gasteiger partial charge in [0.05, 0.1) is 18.4 Å². The number of hydrogen-bond donors (Lipinski definition) is 0. The fraction of sp³-hybridized carbons (Fsp3) is 0.556. The molecule has 4 nitrogen and oxygen atoms in total. The van der Waals surface area contributed by atoms with E-state index < -0.39 is 5.41 Å². The van der Waals surface area contributed by atoms with Gasteiger partial charge < -0.3 is 9.64 Å². The summed E-state index contributed by atoms with van der Waals surface area (Å²) in [6, 6.07) is 6.03. The van der Waals surface area contributed by atoms with Gasteiger partial charge in [-0.25, -0.2) is 0 Å². The molecule has 1 aliphatic heterocycles. The maximum atomic E-state index is 13.0. The van der Waals surface area contributed by atoms with Gasteiger partial charge in [0.15, 0.2) is 0 Å². The van der Waals surface area contributed by atoms with Gasteiger partial charge in [-0.05, 0) is 37.8 Å². The smallest absolute Gasteiger partial charge is 0.314 e. The molecular weight excluding hydrogens is 278 g/mol. The highest BCUT2D eigenvalue weighted by atomic mass is 16.5. The molecule has 3 rings (SSSR count). The monoisotopic (exact) mass is 301 g/mol. The van der Waals surface area contributed by atoms with Crippen LogP contribution in [0.25, 0.3) is 0 Å². The molecule has 2 aliphatic rings. The van der Waals surface area contributed by atoms with Gasteiger partial charge in [0.2, 0.25) is 5.91 Å². The van der Waals surface area contributed by atoms with E-state index in [1.807, 2.05) is 36.9 Å². The number of carbonyl (C=O) groups is 2. The Morgan fingerprint density at radius 2 is 1.95 bits per heavy atom. The lowest BCUT2D eigenvalue weighted by Gasteiger charge is -2.34. The number of rotatable bonds is 2. The number of aryl methyl sites for hydroxylation is 2. The number of hydrogen-bond acceptors (Lipinski definition) is 3. The van der Waals surface area contributed by atoms with Gasteiger partial charge in [-0.3, -0.25) is 9.59 Å². The molecule has 0 spiro atoms. The molecule has 2 atom stereocenters. The Kier molecular flexibility index (Phi) is 3.71. The maximum Gasteiger partial charge on any atom is 0.314 e. The van der Waals surface area contributed by atoms with Gasteiger partial charge in [-0.15, -0.1) is 0 Å². The largest absolute Gasteiger partial charge is 0.469 e. The highest BCUT2D eigenvalue weighted by molar-refractivity contribution is 6.04. The number of ether oxygens (including phenoxy) is 1. The average molecular weight is 301 g/mol. The van der Waals surface area contributed by atoms with E-state index in [1.54, 1.807) is 0 Å². The molecule has 1 saturated heterocycles. The van der Waals surface area contributed by atoms with Gasteiger partial charge in [-0.1, -0.05) is 31.0 Å². The molecule has 0 aromatic heterocycles. The lowest BCUT2D eigenvalue weighted by atomic mass is 9.68. The zero-order valence-corrected chi connectivity index (χ0v) is 13.5. The van der Waals surface area contributed by atoms with Crippen LogP contribution in [-0.2, 0) is 14.3 Å². The predicted octanol–water partition coefficient (Wildman–Crippen LogP) is 3.00. The van der Waals surface area contributed by atoms with Gasteiger partial charge >= 0.3 is 5.97 Å². The van der Waals surface area contributed by atoms with E-state index in [0.29, 0.717) is 6.54 Å². The van der Waals surface area contributed by atoms with E-state index in [-0.39, 0.29) is 17.8 Å². The van der Waals surface area contributed by atoms with Crippen LogP contribution >= 0.6 is 0 Å². The Balaban J connectivity index is 2.06. The van der Waals surface area contributed by atoms with E-state index in [0.717, 1.165) is 42.5 Å². The van der Waals surface area contributed by atoms with E-state index in [9.17, 15) is 9.59 Å². The third-order valence-electron chi connectivity index (χ3n) is 5.34. The molecule has 2 fully saturated rings. The molecule has 1 saturated carbocycles. The van der Waals surface area contributed by atoms with Crippen LogP contribution in [-0.4, -0.2) is 25.5 Å². The SMILES string of the molecule is COC(=O)C12CCCCC1C(=O)N(c1c(C)cccc1C)C2. The number of nitrogens with zero attached hydrogens (tertiary/aromatic N) is 1. The van der Waals surface area contributed by atoms with Gasteiger partial charge in [0, 0.05) is 12.2 Å². The van der Waals surface area contributed by atoms with E-state index in [4.69, 9.17) is 4.74 Å². The number of anilines is 1. The Bertz CT molecular complexity index is 605. The Morgan fingerprint density at radius 3 is 2.59 bits per heavy atom. The molecule has 1 heterocycles. The summed E-state index contributed by atoms with van der Waals surface area (Å²) in [5.41, 5.74) is 2.46. The minimum absolute atomic E-state index is 0.0856. The molecule has 0 N–H and O–H groups in total. The molecule has 2 unspecified atom stereocenters. The molecule has 1 aromatic carbocycles. The van der Waals surface area contributed by atoms with E-state index in [1.165, 1.54) is 7.11 Å². The van der Waals surface area contributed by atoms with E-state index >= 15 is 0 Å². The zero-order valence-electron chi connectivity index (χ0n) is 13.5. The molecule has 1 amide bonds. The fourth-order valence-corrected chi connectivity index (χ4v) is 4.27. The Hall–Kier alpha value is -1.84. The fourth-order valence-electron chi connectivity index (χ4n) is 4.27. The summed E-state index contributed by atoms with van der Waals surface area (Å²) in [6.07, 6.45) is 3.53. The van der Waals surface area contributed by atoms with Crippen LogP contribution in [0.4, 0.5) is 5.69 Å². The number of benzene rings is 1. The lowest BCUT2D eigenvalue weighted by Crippen LogP contribution is -2.42. The van der Waals surface area contributed by atoms with Crippen molar-refractivity contribution in [3.8, 4) is 0 Å². The summed E-state index contributed by atoms with van der Waals surface area (Å²) in [4.78, 5) is 27.3. The molecule has 1 aromatic rings.